The Hall–Kier alpha value is -3.15. The fourth-order valence-corrected chi connectivity index (χ4v) is 2.09. The summed E-state index contributed by atoms with van der Waals surface area (Å²) >= 11 is 0. The number of anilines is 1. The smallest absolute Gasteiger partial charge is 0.344 e. The summed E-state index contributed by atoms with van der Waals surface area (Å²) in [5.74, 6) is -0.701. The van der Waals surface area contributed by atoms with Gasteiger partial charge in [0.25, 0.3) is 5.91 Å². The highest BCUT2D eigenvalue weighted by atomic mass is 16.6. The van der Waals surface area contributed by atoms with Gasteiger partial charge in [0.1, 0.15) is 5.75 Å². The summed E-state index contributed by atoms with van der Waals surface area (Å²) in [6.07, 6.45) is -0.951. The molecule has 0 unspecified atom stereocenters. The van der Waals surface area contributed by atoms with E-state index in [4.69, 9.17) is 9.47 Å². The van der Waals surface area contributed by atoms with Crippen molar-refractivity contribution in [1.29, 1.82) is 0 Å². The topological polar surface area (TPSA) is 81.7 Å². The van der Waals surface area contributed by atoms with Crippen molar-refractivity contribution >= 4 is 23.3 Å². The summed E-state index contributed by atoms with van der Waals surface area (Å²) < 4.78 is 10.4. The molecule has 0 spiro atoms. The summed E-state index contributed by atoms with van der Waals surface area (Å²) in [5, 5.41) is 2.68. The molecular weight excluding hydrogens is 334 g/mol. The molecular formula is C20H21NO5. The number of aryl methyl sites for hydroxylation is 1. The lowest BCUT2D eigenvalue weighted by atomic mass is 10.1. The third kappa shape index (κ3) is 5.73. The largest absolute Gasteiger partial charge is 0.482 e. The van der Waals surface area contributed by atoms with Crippen LogP contribution in [0.2, 0.25) is 0 Å². The maximum Gasteiger partial charge on any atom is 0.344 e. The Labute approximate surface area is 152 Å². The van der Waals surface area contributed by atoms with Crippen LogP contribution in [-0.2, 0) is 14.3 Å². The van der Waals surface area contributed by atoms with E-state index in [9.17, 15) is 14.4 Å². The Kier molecular flexibility index (Phi) is 6.49. The number of carbonyl (C=O) groups is 3. The first-order valence-corrected chi connectivity index (χ1v) is 8.16. The molecule has 0 heterocycles. The molecule has 6 nitrogen and oxygen atoms in total. The van der Waals surface area contributed by atoms with Crippen molar-refractivity contribution in [2.75, 3.05) is 11.9 Å². The maximum atomic E-state index is 12.0. The van der Waals surface area contributed by atoms with E-state index in [0.717, 1.165) is 5.56 Å². The van der Waals surface area contributed by atoms with E-state index in [1.807, 2.05) is 19.1 Å². The number of hydrogen-bond donors (Lipinski definition) is 1. The predicted octanol–water partition coefficient (Wildman–Crippen LogP) is 3.15. The standard InChI is InChI=1S/C20H21NO5/c1-13-4-8-17(9-5-13)21-20(24)15(3)26-19(23)12-25-18-10-6-16(7-11-18)14(2)22/h4-11,15H,12H2,1-3H3,(H,21,24)/t15-/m0/s1. The third-order valence-corrected chi connectivity index (χ3v) is 3.61. The van der Waals surface area contributed by atoms with Crippen LogP contribution in [0.5, 0.6) is 5.75 Å². The van der Waals surface area contributed by atoms with Gasteiger partial charge in [-0.3, -0.25) is 9.59 Å². The highest BCUT2D eigenvalue weighted by molar-refractivity contribution is 5.95. The Morgan fingerprint density at radius 1 is 1.00 bits per heavy atom. The van der Waals surface area contributed by atoms with Crippen LogP contribution in [-0.4, -0.2) is 30.4 Å². The van der Waals surface area contributed by atoms with Gasteiger partial charge in [-0.2, -0.15) is 0 Å². The molecule has 2 aromatic carbocycles. The third-order valence-electron chi connectivity index (χ3n) is 3.61. The Morgan fingerprint density at radius 2 is 1.62 bits per heavy atom. The first-order valence-electron chi connectivity index (χ1n) is 8.16. The first-order chi connectivity index (χ1) is 12.3. The molecule has 1 N–H and O–H groups in total. The van der Waals surface area contributed by atoms with Crippen molar-refractivity contribution in [3.8, 4) is 5.75 Å². The normalized spacial score (nSPS) is 11.3. The molecule has 0 radical (unpaired) electrons. The van der Waals surface area contributed by atoms with Crippen LogP contribution in [0.4, 0.5) is 5.69 Å². The molecule has 0 fully saturated rings. The molecule has 2 aromatic rings. The number of carbonyl (C=O) groups excluding carboxylic acids is 3. The number of Topliss-reactive ketones (excluding diaryl/α,β-unsaturated/α-hetero) is 1. The van der Waals surface area contributed by atoms with Crippen LogP contribution in [0, 0.1) is 6.92 Å². The van der Waals surface area contributed by atoms with Crippen LogP contribution in [0.1, 0.15) is 29.8 Å². The second-order valence-electron chi connectivity index (χ2n) is 5.86. The number of benzene rings is 2. The quantitative estimate of drug-likeness (QED) is 0.609. The lowest BCUT2D eigenvalue weighted by Gasteiger charge is -2.14. The molecule has 6 heteroatoms. The summed E-state index contributed by atoms with van der Waals surface area (Å²) in [6, 6.07) is 13.7. The molecule has 1 atom stereocenters. The first kappa shape index (κ1) is 19.2. The molecule has 136 valence electrons. The Balaban J connectivity index is 1.79. The van der Waals surface area contributed by atoms with Crippen LogP contribution < -0.4 is 10.1 Å². The molecule has 0 aliphatic carbocycles. The molecule has 1 amide bonds. The lowest BCUT2D eigenvalue weighted by Crippen LogP contribution is -2.31. The van der Waals surface area contributed by atoms with Crippen LogP contribution in [0.15, 0.2) is 48.5 Å². The van der Waals surface area contributed by atoms with E-state index in [-0.39, 0.29) is 12.4 Å². The number of amides is 1. The Bertz CT molecular complexity index is 781. The van der Waals surface area contributed by atoms with Crippen molar-refractivity contribution in [1.82, 2.24) is 0 Å². The van der Waals surface area contributed by atoms with E-state index >= 15 is 0 Å². The number of esters is 1. The average molecular weight is 355 g/mol. The molecule has 0 saturated carbocycles. The lowest BCUT2D eigenvalue weighted by molar-refractivity contribution is -0.155. The fraction of sp³-hybridized carbons (Fsp3) is 0.250. The van der Waals surface area contributed by atoms with E-state index in [0.29, 0.717) is 17.0 Å². The average Bonchev–Trinajstić information content (AvgIpc) is 2.62. The van der Waals surface area contributed by atoms with Gasteiger partial charge in [0.15, 0.2) is 18.5 Å². The molecule has 2 rings (SSSR count). The minimum atomic E-state index is -0.951. The number of nitrogens with one attached hydrogen (secondary N) is 1. The monoisotopic (exact) mass is 355 g/mol. The van der Waals surface area contributed by atoms with Gasteiger partial charge in [-0.1, -0.05) is 17.7 Å². The minimum Gasteiger partial charge on any atom is -0.482 e. The van der Waals surface area contributed by atoms with Crippen molar-refractivity contribution in [3.05, 3.63) is 59.7 Å². The zero-order valence-electron chi connectivity index (χ0n) is 14.9. The summed E-state index contributed by atoms with van der Waals surface area (Å²) in [6.45, 7) is 4.57. The second-order valence-corrected chi connectivity index (χ2v) is 5.86. The molecule has 0 aliphatic rings. The highest BCUT2D eigenvalue weighted by Gasteiger charge is 2.18. The SMILES string of the molecule is CC(=O)c1ccc(OCC(=O)O[C@@H](C)C(=O)Nc2ccc(C)cc2)cc1. The fourth-order valence-electron chi connectivity index (χ4n) is 2.09. The van der Waals surface area contributed by atoms with Gasteiger partial charge in [-0.05, 0) is 57.2 Å². The van der Waals surface area contributed by atoms with Gasteiger partial charge < -0.3 is 14.8 Å². The molecule has 26 heavy (non-hydrogen) atoms. The number of ether oxygens (including phenoxy) is 2. The summed E-state index contributed by atoms with van der Waals surface area (Å²) in [7, 11) is 0. The van der Waals surface area contributed by atoms with Crippen molar-refractivity contribution in [2.24, 2.45) is 0 Å². The van der Waals surface area contributed by atoms with Crippen LogP contribution >= 0.6 is 0 Å². The second kappa shape index (κ2) is 8.80. The molecule has 0 aromatic heterocycles. The van der Waals surface area contributed by atoms with Gasteiger partial charge in [0.05, 0.1) is 0 Å². The van der Waals surface area contributed by atoms with Gasteiger partial charge in [-0.25, -0.2) is 4.79 Å². The Morgan fingerprint density at radius 3 is 2.19 bits per heavy atom. The van der Waals surface area contributed by atoms with Gasteiger partial charge in [-0.15, -0.1) is 0 Å². The van der Waals surface area contributed by atoms with E-state index in [2.05, 4.69) is 5.32 Å². The van der Waals surface area contributed by atoms with Gasteiger partial charge in [0.2, 0.25) is 0 Å². The number of hydrogen-bond acceptors (Lipinski definition) is 5. The minimum absolute atomic E-state index is 0.0515. The van der Waals surface area contributed by atoms with E-state index < -0.39 is 18.0 Å². The van der Waals surface area contributed by atoms with E-state index in [1.165, 1.54) is 13.8 Å². The predicted molar refractivity (Wildman–Crippen MR) is 97.3 cm³/mol. The summed E-state index contributed by atoms with van der Waals surface area (Å²) in [5.41, 5.74) is 2.27. The highest BCUT2D eigenvalue weighted by Crippen LogP contribution is 2.13. The zero-order chi connectivity index (χ0) is 19.1. The van der Waals surface area contributed by atoms with Crippen LogP contribution in [0.3, 0.4) is 0 Å². The molecule has 0 saturated heterocycles. The number of ketones is 1. The van der Waals surface area contributed by atoms with E-state index in [1.54, 1.807) is 36.4 Å². The molecule has 0 aliphatic heterocycles. The van der Waals surface area contributed by atoms with Crippen LogP contribution in [0.25, 0.3) is 0 Å². The summed E-state index contributed by atoms with van der Waals surface area (Å²) in [4.78, 5) is 35.1. The van der Waals surface area contributed by atoms with Crippen molar-refractivity contribution < 1.29 is 23.9 Å². The van der Waals surface area contributed by atoms with Crippen molar-refractivity contribution in [2.45, 2.75) is 26.9 Å². The van der Waals surface area contributed by atoms with Crippen molar-refractivity contribution in [3.63, 3.8) is 0 Å². The number of rotatable bonds is 7. The molecule has 0 bridgehead atoms. The van der Waals surface area contributed by atoms with Gasteiger partial charge >= 0.3 is 5.97 Å². The van der Waals surface area contributed by atoms with Gasteiger partial charge in [0, 0.05) is 11.3 Å². The maximum absolute atomic E-state index is 12.0. The zero-order valence-corrected chi connectivity index (χ0v) is 14.9.